The first-order chi connectivity index (χ1) is 13.4. The van der Waals surface area contributed by atoms with Crippen LogP contribution >= 0.6 is 0 Å². The van der Waals surface area contributed by atoms with Crippen LogP contribution in [-0.2, 0) is 16.6 Å². The average Bonchev–Trinajstić information content (AvgIpc) is 2.93. The Morgan fingerprint density at radius 3 is 2.68 bits per heavy atom. The molecule has 2 fully saturated rings. The molecule has 2 N–H and O–H groups in total. The Hall–Kier alpha value is -2.61. The Bertz CT molecular complexity index is 992. The minimum atomic E-state index is -0.651. The normalized spacial score (nSPS) is 26.0. The Morgan fingerprint density at radius 1 is 1.18 bits per heavy atom. The van der Waals surface area contributed by atoms with Crippen molar-refractivity contribution in [3.63, 3.8) is 0 Å². The second-order valence-electron chi connectivity index (χ2n) is 7.75. The van der Waals surface area contributed by atoms with Gasteiger partial charge in [0.2, 0.25) is 11.8 Å². The number of anilines is 1. The number of hydrogen-bond donors (Lipinski definition) is 2. The van der Waals surface area contributed by atoms with Crippen molar-refractivity contribution in [1.29, 1.82) is 0 Å². The van der Waals surface area contributed by atoms with Crippen LogP contribution in [0.25, 0.3) is 11.0 Å². The standard InChI is InChI=1S/C20H27N5O3/c1-4-14-12(2)24(10-9-21-14)13-5-6-15-17(11-13)23(3)20(28)25(15)16-7-8-18(26)22-19(16)27/h5-6,11-12,14,16,21H,4,7-10H2,1-3H3,(H,22,26,27)/t12-,14?,16?/m1/s1. The molecule has 3 atom stereocenters. The molecule has 3 heterocycles. The monoisotopic (exact) mass is 385 g/mol. The lowest BCUT2D eigenvalue weighted by atomic mass is 10.0. The minimum Gasteiger partial charge on any atom is -0.366 e. The van der Waals surface area contributed by atoms with Crippen LogP contribution in [0.1, 0.15) is 39.2 Å². The smallest absolute Gasteiger partial charge is 0.329 e. The molecule has 1 aromatic carbocycles. The van der Waals surface area contributed by atoms with Gasteiger partial charge in [-0.1, -0.05) is 6.92 Å². The van der Waals surface area contributed by atoms with Crippen molar-refractivity contribution >= 4 is 28.5 Å². The third-order valence-electron chi connectivity index (χ3n) is 6.20. The fourth-order valence-electron chi connectivity index (χ4n) is 4.57. The predicted octanol–water partition coefficient (Wildman–Crippen LogP) is 0.894. The number of imidazole rings is 1. The second kappa shape index (κ2) is 7.09. The van der Waals surface area contributed by atoms with Crippen LogP contribution in [0.15, 0.2) is 23.0 Å². The number of hydrogen-bond acceptors (Lipinski definition) is 5. The van der Waals surface area contributed by atoms with Gasteiger partial charge in [0.1, 0.15) is 6.04 Å². The zero-order chi connectivity index (χ0) is 20.0. The molecule has 2 saturated heterocycles. The number of carbonyl (C=O) groups excluding carboxylic acids is 2. The summed E-state index contributed by atoms with van der Waals surface area (Å²) in [6.07, 6.45) is 1.65. The molecule has 1 aromatic heterocycles. The van der Waals surface area contributed by atoms with E-state index in [1.54, 1.807) is 11.6 Å². The Balaban J connectivity index is 1.76. The number of piperazine rings is 1. The van der Waals surface area contributed by atoms with Crippen LogP contribution in [0, 0.1) is 0 Å². The van der Waals surface area contributed by atoms with Gasteiger partial charge in [-0.3, -0.25) is 24.0 Å². The van der Waals surface area contributed by atoms with E-state index in [0.29, 0.717) is 18.5 Å². The number of nitrogens with zero attached hydrogens (tertiary/aromatic N) is 3. The summed E-state index contributed by atoms with van der Waals surface area (Å²) >= 11 is 0. The molecule has 0 saturated carbocycles. The van der Waals surface area contributed by atoms with Crippen LogP contribution in [0.2, 0.25) is 0 Å². The topological polar surface area (TPSA) is 88.4 Å². The molecule has 28 heavy (non-hydrogen) atoms. The lowest BCUT2D eigenvalue weighted by Gasteiger charge is -2.41. The van der Waals surface area contributed by atoms with Gasteiger partial charge in [0.25, 0.3) is 0 Å². The van der Waals surface area contributed by atoms with E-state index >= 15 is 0 Å². The van der Waals surface area contributed by atoms with Crippen molar-refractivity contribution in [3.05, 3.63) is 28.7 Å². The summed E-state index contributed by atoms with van der Waals surface area (Å²) in [5.74, 6) is -0.688. The van der Waals surface area contributed by atoms with E-state index in [1.807, 2.05) is 18.2 Å². The SMILES string of the molecule is CCC1NCCN(c2ccc3c(c2)n(C)c(=O)n3C2CCC(=O)NC2=O)[C@@H]1C. The number of benzene rings is 1. The fourth-order valence-corrected chi connectivity index (χ4v) is 4.57. The van der Waals surface area contributed by atoms with Gasteiger partial charge in [0.05, 0.1) is 11.0 Å². The van der Waals surface area contributed by atoms with Gasteiger partial charge in [0.15, 0.2) is 0 Å². The molecule has 2 aliphatic heterocycles. The van der Waals surface area contributed by atoms with Gasteiger partial charge < -0.3 is 10.2 Å². The molecule has 8 nitrogen and oxygen atoms in total. The van der Waals surface area contributed by atoms with Crippen molar-refractivity contribution in [2.45, 2.75) is 51.2 Å². The quantitative estimate of drug-likeness (QED) is 0.767. The molecule has 2 aromatic rings. The number of aromatic nitrogens is 2. The van der Waals surface area contributed by atoms with Crippen molar-refractivity contribution in [2.24, 2.45) is 7.05 Å². The summed E-state index contributed by atoms with van der Waals surface area (Å²) in [6.45, 7) is 6.24. The third-order valence-corrected chi connectivity index (χ3v) is 6.20. The van der Waals surface area contributed by atoms with Crippen molar-refractivity contribution in [3.8, 4) is 0 Å². The highest BCUT2D eigenvalue weighted by Crippen LogP contribution is 2.28. The van der Waals surface area contributed by atoms with Gasteiger partial charge >= 0.3 is 5.69 Å². The van der Waals surface area contributed by atoms with Crippen LogP contribution in [0.3, 0.4) is 0 Å². The predicted molar refractivity (Wildman–Crippen MR) is 107 cm³/mol. The Morgan fingerprint density at radius 2 is 1.96 bits per heavy atom. The van der Waals surface area contributed by atoms with Gasteiger partial charge in [-0.05, 0) is 38.0 Å². The summed E-state index contributed by atoms with van der Waals surface area (Å²) in [6, 6.07) is 6.12. The van der Waals surface area contributed by atoms with Crippen LogP contribution in [0.4, 0.5) is 5.69 Å². The van der Waals surface area contributed by atoms with Gasteiger partial charge in [-0.25, -0.2) is 4.79 Å². The minimum absolute atomic E-state index is 0.235. The summed E-state index contributed by atoms with van der Waals surface area (Å²) < 4.78 is 3.11. The number of piperidine rings is 1. The number of fused-ring (bicyclic) bond motifs is 1. The van der Waals surface area contributed by atoms with E-state index in [1.165, 1.54) is 4.57 Å². The molecule has 0 spiro atoms. The largest absolute Gasteiger partial charge is 0.366 e. The van der Waals surface area contributed by atoms with Gasteiger partial charge in [-0.2, -0.15) is 0 Å². The number of carbonyl (C=O) groups is 2. The maximum Gasteiger partial charge on any atom is 0.329 e. The zero-order valence-electron chi connectivity index (χ0n) is 16.6. The molecule has 8 heteroatoms. The first-order valence-corrected chi connectivity index (χ1v) is 9.97. The number of imide groups is 1. The van der Waals surface area contributed by atoms with Gasteiger partial charge in [-0.15, -0.1) is 0 Å². The first-order valence-electron chi connectivity index (χ1n) is 9.97. The Kier molecular flexibility index (Phi) is 4.74. The fraction of sp³-hybridized carbons (Fsp3) is 0.550. The highest BCUT2D eigenvalue weighted by Gasteiger charge is 2.32. The van der Waals surface area contributed by atoms with E-state index < -0.39 is 11.9 Å². The highest BCUT2D eigenvalue weighted by atomic mass is 16.2. The molecule has 0 bridgehead atoms. The summed E-state index contributed by atoms with van der Waals surface area (Å²) in [5.41, 5.74) is 2.36. The van der Waals surface area contributed by atoms with E-state index in [-0.39, 0.29) is 18.0 Å². The van der Waals surface area contributed by atoms with Crippen LogP contribution in [0.5, 0.6) is 0 Å². The van der Waals surface area contributed by atoms with Crippen LogP contribution < -0.4 is 21.2 Å². The van der Waals surface area contributed by atoms with E-state index in [2.05, 4.69) is 29.4 Å². The molecule has 2 amide bonds. The molecule has 150 valence electrons. The molecule has 0 radical (unpaired) electrons. The van der Waals surface area contributed by atoms with E-state index in [4.69, 9.17) is 0 Å². The summed E-state index contributed by atoms with van der Waals surface area (Å²) in [7, 11) is 1.73. The average molecular weight is 385 g/mol. The number of nitrogens with one attached hydrogen (secondary N) is 2. The van der Waals surface area contributed by atoms with Gasteiger partial charge in [0, 0.05) is 44.3 Å². The third kappa shape index (κ3) is 2.92. The second-order valence-corrected chi connectivity index (χ2v) is 7.75. The lowest BCUT2D eigenvalue weighted by molar-refractivity contribution is -0.135. The molecule has 2 unspecified atom stereocenters. The maximum absolute atomic E-state index is 12.9. The molecular weight excluding hydrogens is 358 g/mol. The highest BCUT2D eigenvalue weighted by molar-refractivity contribution is 6.00. The van der Waals surface area contributed by atoms with Crippen molar-refractivity contribution in [1.82, 2.24) is 19.8 Å². The number of aryl methyl sites for hydroxylation is 1. The van der Waals surface area contributed by atoms with Crippen molar-refractivity contribution in [2.75, 3.05) is 18.0 Å². The molecule has 4 rings (SSSR count). The maximum atomic E-state index is 12.9. The van der Waals surface area contributed by atoms with Crippen LogP contribution in [-0.4, -0.2) is 46.1 Å². The summed E-state index contributed by atoms with van der Waals surface area (Å²) in [4.78, 5) is 39.1. The number of amides is 2. The van der Waals surface area contributed by atoms with E-state index in [9.17, 15) is 14.4 Å². The molecular formula is C20H27N5O3. The number of rotatable bonds is 3. The molecule has 0 aliphatic carbocycles. The lowest BCUT2D eigenvalue weighted by Crippen LogP contribution is -2.56. The zero-order valence-corrected chi connectivity index (χ0v) is 16.6. The summed E-state index contributed by atoms with van der Waals surface area (Å²) in [5, 5.41) is 5.91. The van der Waals surface area contributed by atoms with E-state index in [0.717, 1.165) is 36.2 Å². The Labute approximate surface area is 163 Å². The van der Waals surface area contributed by atoms with Crippen molar-refractivity contribution < 1.29 is 9.59 Å². The first kappa shape index (κ1) is 18.7. The molecule has 2 aliphatic rings.